The molecule has 2 heterocycles. The fourth-order valence-corrected chi connectivity index (χ4v) is 3.71. The minimum atomic E-state index is -0.0583. The molecule has 0 bridgehead atoms. The standard InChI is InChI=1S/C17H13N3OS/c18-16-12(17-19-13-8-4-5-9-14(13)22-17)10-15(21)20(16)11-6-2-1-3-7-11/h1-9,18-19H,10H2/b17-12-,18-16?. The largest absolute Gasteiger partial charge is 0.349 e. The van der Waals surface area contributed by atoms with Crippen molar-refractivity contribution in [2.45, 2.75) is 11.3 Å². The quantitative estimate of drug-likeness (QED) is 0.842. The number of carbonyl (C=O) groups excluding carboxylic acids is 1. The van der Waals surface area contributed by atoms with Crippen LogP contribution in [0, 0.1) is 5.41 Å². The van der Waals surface area contributed by atoms with E-state index in [-0.39, 0.29) is 18.2 Å². The lowest BCUT2D eigenvalue weighted by Gasteiger charge is -2.15. The van der Waals surface area contributed by atoms with Crippen LogP contribution in [0.25, 0.3) is 0 Å². The second-order valence-corrected chi connectivity index (χ2v) is 6.17. The Bertz CT molecular complexity index is 787. The molecule has 0 aliphatic carbocycles. The molecular weight excluding hydrogens is 294 g/mol. The summed E-state index contributed by atoms with van der Waals surface area (Å²) >= 11 is 1.59. The van der Waals surface area contributed by atoms with Gasteiger partial charge in [0.25, 0.3) is 0 Å². The highest BCUT2D eigenvalue weighted by atomic mass is 32.2. The van der Waals surface area contributed by atoms with E-state index < -0.39 is 0 Å². The number of thioether (sulfide) groups is 1. The van der Waals surface area contributed by atoms with Crippen molar-refractivity contribution in [1.82, 2.24) is 0 Å². The van der Waals surface area contributed by atoms with Crippen LogP contribution in [-0.4, -0.2) is 11.7 Å². The second-order valence-electron chi connectivity index (χ2n) is 5.12. The van der Waals surface area contributed by atoms with Gasteiger partial charge in [0.1, 0.15) is 5.84 Å². The van der Waals surface area contributed by atoms with Gasteiger partial charge in [-0.1, -0.05) is 42.1 Å². The second kappa shape index (κ2) is 5.03. The average molecular weight is 307 g/mol. The first-order valence-electron chi connectivity index (χ1n) is 6.98. The third kappa shape index (κ3) is 2.02. The number of carbonyl (C=O) groups is 1. The third-order valence-corrected chi connectivity index (χ3v) is 4.85. The Morgan fingerprint density at radius 1 is 1.05 bits per heavy atom. The van der Waals surface area contributed by atoms with E-state index in [9.17, 15) is 4.79 Å². The van der Waals surface area contributed by atoms with E-state index in [0.717, 1.165) is 26.9 Å². The number of rotatable bonds is 1. The van der Waals surface area contributed by atoms with Crippen molar-refractivity contribution in [2.75, 3.05) is 10.2 Å². The number of nitrogens with one attached hydrogen (secondary N) is 2. The first-order chi connectivity index (χ1) is 10.7. The molecule has 0 aromatic heterocycles. The van der Waals surface area contributed by atoms with Gasteiger partial charge in [0.05, 0.1) is 22.8 Å². The summed E-state index contributed by atoms with van der Waals surface area (Å²) in [6.07, 6.45) is 0.261. The zero-order valence-corrected chi connectivity index (χ0v) is 12.5. The van der Waals surface area contributed by atoms with E-state index in [2.05, 4.69) is 5.32 Å². The summed E-state index contributed by atoms with van der Waals surface area (Å²) in [5.41, 5.74) is 2.54. The Kier molecular flexibility index (Phi) is 3.01. The molecule has 0 radical (unpaired) electrons. The zero-order valence-electron chi connectivity index (χ0n) is 11.7. The van der Waals surface area contributed by atoms with E-state index >= 15 is 0 Å². The van der Waals surface area contributed by atoms with Gasteiger partial charge in [-0.15, -0.1) is 0 Å². The van der Waals surface area contributed by atoms with Crippen molar-refractivity contribution in [2.24, 2.45) is 0 Å². The Hall–Kier alpha value is -2.53. The van der Waals surface area contributed by atoms with Crippen molar-refractivity contribution in [3.8, 4) is 0 Å². The van der Waals surface area contributed by atoms with Gasteiger partial charge in [-0.05, 0) is 24.3 Å². The molecule has 2 aromatic rings. The molecule has 108 valence electrons. The molecule has 2 aliphatic rings. The van der Waals surface area contributed by atoms with Crippen molar-refractivity contribution >= 4 is 34.9 Å². The number of anilines is 2. The van der Waals surface area contributed by atoms with Crippen LogP contribution in [-0.2, 0) is 4.79 Å². The average Bonchev–Trinajstić information content (AvgIpc) is 3.09. The van der Waals surface area contributed by atoms with Crippen LogP contribution in [0.2, 0.25) is 0 Å². The molecule has 0 saturated carbocycles. The van der Waals surface area contributed by atoms with Gasteiger partial charge in [-0.2, -0.15) is 0 Å². The lowest BCUT2D eigenvalue weighted by Crippen LogP contribution is -2.28. The van der Waals surface area contributed by atoms with Crippen LogP contribution in [0.3, 0.4) is 0 Å². The van der Waals surface area contributed by atoms with Crippen molar-refractivity contribution in [3.63, 3.8) is 0 Å². The van der Waals surface area contributed by atoms with Crippen LogP contribution in [0.1, 0.15) is 6.42 Å². The van der Waals surface area contributed by atoms with E-state index in [1.807, 2.05) is 54.6 Å². The summed E-state index contributed by atoms with van der Waals surface area (Å²) in [7, 11) is 0. The maximum absolute atomic E-state index is 12.3. The van der Waals surface area contributed by atoms with E-state index in [1.165, 1.54) is 4.90 Å². The van der Waals surface area contributed by atoms with E-state index in [4.69, 9.17) is 5.41 Å². The maximum Gasteiger partial charge on any atom is 0.237 e. The Labute approximate surface area is 132 Å². The Morgan fingerprint density at radius 3 is 2.55 bits per heavy atom. The fraction of sp³-hybridized carbons (Fsp3) is 0.0588. The molecule has 22 heavy (non-hydrogen) atoms. The van der Waals surface area contributed by atoms with E-state index in [0.29, 0.717) is 0 Å². The summed E-state index contributed by atoms with van der Waals surface area (Å²) in [5.74, 6) is 0.205. The minimum Gasteiger partial charge on any atom is -0.349 e. The number of amides is 1. The van der Waals surface area contributed by atoms with Gasteiger partial charge in [-0.25, -0.2) is 0 Å². The van der Waals surface area contributed by atoms with Gasteiger partial charge in [-0.3, -0.25) is 15.1 Å². The molecule has 1 amide bonds. The topological polar surface area (TPSA) is 56.2 Å². The number of benzene rings is 2. The van der Waals surface area contributed by atoms with Gasteiger partial charge in [0.15, 0.2) is 0 Å². The van der Waals surface area contributed by atoms with Crippen LogP contribution >= 0.6 is 11.8 Å². The Balaban J connectivity index is 1.70. The van der Waals surface area contributed by atoms with Crippen molar-refractivity contribution in [3.05, 3.63) is 65.2 Å². The van der Waals surface area contributed by atoms with E-state index in [1.54, 1.807) is 11.8 Å². The minimum absolute atomic E-state index is 0.0583. The normalized spacial score (nSPS) is 20.3. The summed E-state index contributed by atoms with van der Waals surface area (Å²) in [6.45, 7) is 0. The molecule has 2 aromatic carbocycles. The van der Waals surface area contributed by atoms with Crippen LogP contribution in [0.15, 0.2) is 70.1 Å². The van der Waals surface area contributed by atoms with Crippen LogP contribution < -0.4 is 10.2 Å². The number of hydrogen-bond acceptors (Lipinski definition) is 4. The first-order valence-corrected chi connectivity index (χ1v) is 7.79. The first kappa shape index (κ1) is 13.2. The molecule has 4 nitrogen and oxygen atoms in total. The van der Waals surface area contributed by atoms with Crippen LogP contribution in [0.5, 0.6) is 0 Å². The predicted molar refractivity (Wildman–Crippen MR) is 89.2 cm³/mol. The van der Waals surface area contributed by atoms with Crippen molar-refractivity contribution in [1.29, 1.82) is 5.41 Å². The molecule has 4 rings (SSSR count). The van der Waals surface area contributed by atoms with Gasteiger partial charge >= 0.3 is 0 Å². The Morgan fingerprint density at radius 2 is 1.77 bits per heavy atom. The maximum atomic E-state index is 12.3. The van der Waals surface area contributed by atoms with Crippen LogP contribution in [0.4, 0.5) is 11.4 Å². The number of amidine groups is 1. The molecule has 2 N–H and O–H groups in total. The fourth-order valence-electron chi connectivity index (χ4n) is 2.67. The number of hydrogen-bond donors (Lipinski definition) is 2. The zero-order chi connectivity index (χ0) is 15.1. The SMILES string of the molecule is N=C1/C(=C2/Nc3ccccc3S2)CC(=O)N1c1ccccc1. The molecular formula is C17H13N3OS. The highest BCUT2D eigenvalue weighted by Gasteiger charge is 2.35. The number of fused-ring (bicyclic) bond motifs is 1. The monoisotopic (exact) mass is 307 g/mol. The molecule has 1 saturated heterocycles. The van der Waals surface area contributed by atoms with Crippen molar-refractivity contribution < 1.29 is 4.79 Å². The molecule has 0 spiro atoms. The number of para-hydroxylation sites is 2. The molecule has 0 atom stereocenters. The van der Waals surface area contributed by atoms with Gasteiger partial charge in [0.2, 0.25) is 5.91 Å². The summed E-state index contributed by atoms with van der Waals surface area (Å²) in [5, 5.41) is 12.6. The third-order valence-electron chi connectivity index (χ3n) is 3.72. The molecule has 0 unspecified atom stereocenters. The summed E-state index contributed by atoms with van der Waals surface area (Å²) in [6, 6.07) is 17.4. The lowest BCUT2D eigenvalue weighted by atomic mass is 10.2. The van der Waals surface area contributed by atoms with Gasteiger partial charge < -0.3 is 5.32 Å². The van der Waals surface area contributed by atoms with Gasteiger partial charge in [0, 0.05) is 10.5 Å². The number of nitrogens with zero attached hydrogens (tertiary/aromatic N) is 1. The highest BCUT2D eigenvalue weighted by Crippen LogP contribution is 2.44. The molecule has 2 aliphatic heterocycles. The lowest BCUT2D eigenvalue weighted by molar-refractivity contribution is -0.116. The summed E-state index contributed by atoms with van der Waals surface area (Å²) < 4.78 is 0. The smallest absolute Gasteiger partial charge is 0.237 e. The predicted octanol–water partition coefficient (Wildman–Crippen LogP) is 3.83. The summed E-state index contributed by atoms with van der Waals surface area (Å²) in [4.78, 5) is 14.9. The molecule has 1 fully saturated rings. The highest BCUT2D eigenvalue weighted by molar-refractivity contribution is 8.03. The molecule has 5 heteroatoms.